The lowest BCUT2D eigenvalue weighted by molar-refractivity contribution is -0.119. The van der Waals surface area contributed by atoms with Crippen LogP contribution in [0.1, 0.15) is 38.4 Å². The van der Waals surface area contributed by atoms with Crippen LogP contribution in [0.25, 0.3) is 0 Å². The first-order valence-corrected chi connectivity index (χ1v) is 9.03. The van der Waals surface area contributed by atoms with Crippen molar-refractivity contribution in [2.24, 2.45) is 10.4 Å². The van der Waals surface area contributed by atoms with Gasteiger partial charge in [0.15, 0.2) is 5.96 Å². The topological polar surface area (TPSA) is 69.9 Å². The van der Waals surface area contributed by atoms with Gasteiger partial charge in [-0.05, 0) is 31.4 Å². The molecule has 1 aromatic heterocycles. The van der Waals surface area contributed by atoms with Crippen molar-refractivity contribution in [1.29, 1.82) is 0 Å². The fourth-order valence-electron chi connectivity index (χ4n) is 3.67. The van der Waals surface area contributed by atoms with Gasteiger partial charge in [0, 0.05) is 51.0 Å². The zero-order valence-electron chi connectivity index (χ0n) is 14.9. The number of likely N-dealkylation sites (tertiary alicyclic amines) is 1. The zero-order chi connectivity index (χ0) is 16.8. The van der Waals surface area contributed by atoms with E-state index in [1.807, 2.05) is 12.1 Å². The number of hydrogen-bond donors (Lipinski definition) is 2. The SMILES string of the molecule is CCCN=C(NCCc1ccco1)N1CCCC2(CNC(=O)C2)C1.I. The summed E-state index contributed by atoms with van der Waals surface area (Å²) in [5.74, 6) is 2.15. The van der Waals surface area contributed by atoms with Gasteiger partial charge in [-0.3, -0.25) is 9.79 Å². The first-order valence-electron chi connectivity index (χ1n) is 9.03. The molecule has 25 heavy (non-hydrogen) atoms. The molecule has 3 heterocycles. The fraction of sp³-hybridized carbons (Fsp3) is 0.667. The number of furan rings is 1. The number of piperidine rings is 1. The van der Waals surface area contributed by atoms with E-state index >= 15 is 0 Å². The van der Waals surface area contributed by atoms with Crippen molar-refractivity contribution in [3.8, 4) is 0 Å². The number of carbonyl (C=O) groups excluding carboxylic acids is 1. The second-order valence-electron chi connectivity index (χ2n) is 6.94. The lowest BCUT2D eigenvalue weighted by Gasteiger charge is -2.40. The number of nitrogens with one attached hydrogen (secondary N) is 2. The number of guanidine groups is 1. The van der Waals surface area contributed by atoms with Crippen molar-refractivity contribution in [2.75, 3.05) is 32.7 Å². The summed E-state index contributed by atoms with van der Waals surface area (Å²) in [4.78, 5) is 18.8. The zero-order valence-corrected chi connectivity index (χ0v) is 17.3. The van der Waals surface area contributed by atoms with Gasteiger partial charge < -0.3 is 20.0 Å². The Bertz CT molecular complexity index is 576. The molecular weight excluding hydrogens is 431 g/mol. The number of nitrogens with zero attached hydrogens (tertiary/aromatic N) is 2. The number of halogens is 1. The summed E-state index contributed by atoms with van der Waals surface area (Å²) >= 11 is 0. The highest BCUT2D eigenvalue weighted by molar-refractivity contribution is 14.0. The largest absolute Gasteiger partial charge is 0.469 e. The molecule has 2 saturated heterocycles. The van der Waals surface area contributed by atoms with E-state index in [1.165, 1.54) is 0 Å². The van der Waals surface area contributed by atoms with Gasteiger partial charge in [0.05, 0.1) is 6.26 Å². The van der Waals surface area contributed by atoms with Gasteiger partial charge in [-0.25, -0.2) is 0 Å². The molecule has 0 aromatic carbocycles. The molecule has 1 atom stereocenters. The monoisotopic (exact) mass is 460 g/mol. The normalized spacial score (nSPS) is 23.5. The molecule has 2 fully saturated rings. The maximum atomic E-state index is 11.7. The Labute approximate surface area is 166 Å². The van der Waals surface area contributed by atoms with Crippen LogP contribution in [0.4, 0.5) is 0 Å². The molecule has 2 aliphatic rings. The van der Waals surface area contributed by atoms with Gasteiger partial charge in [0.1, 0.15) is 5.76 Å². The van der Waals surface area contributed by atoms with E-state index in [2.05, 4.69) is 22.5 Å². The molecule has 7 heteroatoms. The van der Waals surface area contributed by atoms with Crippen LogP contribution < -0.4 is 10.6 Å². The molecule has 140 valence electrons. The quantitative estimate of drug-likeness (QED) is 0.402. The number of rotatable bonds is 5. The van der Waals surface area contributed by atoms with Gasteiger partial charge in [-0.2, -0.15) is 0 Å². The maximum absolute atomic E-state index is 11.7. The van der Waals surface area contributed by atoms with Gasteiger partial charge in [0.25, 0.3) is 0 Å². The predicted octanol–water partition coefficient (Wildman–Crippen LogP) is 2.40. The van der Waals surface area contributed by atoms with Crippen molar-refractivity contribution in [2.45, 2.75) is 39.0 Å². The average molecular weight is 460 g/mol. The number of aliphatic imine (C=N–C) groups is 1. The Hall–Kier alpha value is -1.25. The molecule has 0 saturated carbocycles. The molecule has 2 aliphatic heterocycles. The van der Waals surface area contributed by atoms with Crippen LogP contribution in [0.3, 0.4) is 0 Å². The van der Waals surface area contributed by atoms with Crippen LogP contribution in [0.15, 0.2) is 27.8 Å². The van der Waals surface area contributed by atoms with E-state index in [0.717, 1.165) is 70.1 Å². The highest BCUT2D eigenvalue weighted by atomic mass is 127. The minimum atomic E-state index is 0. The molecule has 0 bridgehead atoms. The van der Waals surface area contributed by atoms with E-state index in [0.29, 0.717) is 6.42 Å². The third-order valence-corrected chi connectivity index (χ3v) is 4.88. The van der Waals surface area contributed by atoms with Crippen LogP contribution in [-0.2, 0) is 11.2 Å². The highest BCUT2D eigenvalue weighted by Gasteiger charge is 2.42. The number of carbonyl (C=O) groups is 1. The summed E-state index contributed by atoms with van der Waals surface area (Å²) in [5, 5.41) is 6.50. The van der Waals surface area contributed by atoms with Crippen LogP contribution >= 0.6 is 24.0 Å². The van der Waals surface area contributed by atoms with E-state index in [-0.39, 0.29) is 35.3 Å². The van der Waals surface area contributed by atoms with Crippen LogP contribution in [0, 0.1) is 5.41 Å². The van der Waals surface area contributed by atoms with Crippen molar-refractivity contribution < 1.29 is 9.21 Å². The minimum Gasteiger partial charge on any atom is -0.469 e. The Kier molecular flexibility index (Phi) is 7.58. The van der Waals surface area contributed by atoms with Gasteiger partial charge in [-0.15, -0.1) is 24.0 Å². The first-order chi connectivity index (χ1) is 11.7. The molecule has 0 radical (unpaired) electrons. The summed E-state index contributed by atoms with van der Waals surface area (Å²) in [6.07, 6.45) is 6.46. The van der Waals surface area contributed by atoms with E-state index in [9.17, 15) is 4.79 Å². The first kappa shape index (κ1) is 20.1. The summed E-state index contributed by atoms with van der Waals surface area (Å²) in [7, 11) is 0. The van der Waals surface area contributed by atoms with Gasteiger partial charge >= 0.3 is 0 Å². The molecule has 1 spiro atoms. The second kappa shape index (κ2) is 9.45. The summed E-state index contributed by atoms with van der Waals surface area (Å²) in [5.41, 5.74) is 0.0883. The molecule has 0 aliphatic carbocycles. The van der Waals surface area contributed by atoms with Gasteiger partial charge in [0.2, 0.25) is 5.91 Å². The lowest BCUT2D eigenvalue weighted by Crippen LogP contribution is -2.51. The van der Waals surface area contributed by atoms with Crippen LogP contribution in [-0.4, -0.2) is 49.5 Å². The Morgan fingerprint density at radius 2 is 2.40 bits per heavy atom. The predicted molar refractivity (Wildman–Crippen MR) is 109 cm³/mol. The Morgan fingerprint density at radius 1 is 1.52 bits per heavy atom. The third kappa shape index (κ3) is 5.36. The van der Waals surface area contributed by atoms with Crippen molar-refractivity contribution in [3.05, 3.63) is 24.2 Å². The van der Waals surface area contributed by atoms with Crippen molar-refractivity contribution in [3.63, 3.8) is 0 Å². The summed E-state index contributed by atoms with van der Waals surface area (Å²) < 4.78 is 5.39. The Balaban J connectivity index is 0.00000225. The van der Waals surface area contributed by atoms with E-state index in [1.54, 1.807) is 6.26 Å². The smallest absolute Gasteiger partial charge is 0.220 e. The molecule has 2 N–H and O–H groups in total. The number of amides is 1. The lowest BCUT2D eigenvalue weighted by atomic mass is 9.79. The van der Waals surface area contributed by atoms with Crippen LogP contribution in [0.2, 0.25) is 0 Å². The molecule has 3 rings (SSSR count). The summed E-state index contributed by atoms with van der Waals surface area (Å²) in [6, 6.07) is 3.91. The summed E-state index contributed by atoms with van der Waals surface area (Å²) in [6.45, 7) is 6.48. The fourth-order valence-corrected chi connectivity index (χ4v) is 3.67. The minimum absolute atomic E-state index is 0. The highest BCUT2D eigenvalue weighted by Crippen LogP contribution is 2.35. The average Bonchev–Trinajstić information content (AvgIpc) is 3.21. The van der Waals surface area contributed by atoms with Crippen molar-refractivity contribution in [1.82, 2.24) is 15.5 Å². The third-order valence-electron chi connectivity index (χ3n) is 4.88. The van der Waals surface area contributed by atoms with Crippen LogP contribution in [0.5, 0.6) is 0 Å². The molecule has 1 aromatic rings. The molecule has 1 amide bonds. The van der Waals surface area contributed by atoms with E-state index in [4.69, 9.17) is 9.41 Å². The van der Waals surface area contributed by atoms with Crippen molar-refractivity contribution >= 4 is 35.8 Å². The molecule has 6 nitrogen and oxygen atoms in total. The molecular formula is C18H29IN4O2. The Morgan fingerprint density at radius 3 is 3.08 bits per heavy atom. The molecule has 1 unspecified atom stereocenters. The second-order valence-corrected chi connectivity index (χ2v) is 6.94. The number of hydrogen-bond acceptors (Lipinski definition) is 3. The maximum Gasteiger partial charge on any atom is 0.220 e. The standard InChI is InChI=1S/C18H28N4O2.HI/c1-2-8-19-17(20-9-6-15-5-3-11-24-15)22-10-4-7-18(14-22)12-16(23)21-13-18;/h3,5,11H,2,4,6-10,12-14H2,1H3,(H,19,20)(H,21,23);1H. The van der Waals surface area contributed by atoms with E-state index < -0.39 is 0 Å². The van der Waals surface area contributed by atoms with Gasteiger partial charge in [-0.1, -0.05) is 6.92 Å².